The van der Waals surface area contributed by atoms with Gasteiger partial charge in [0.05, 0.1) is 12.5 Å². The van der Waals surface area contributed by atoms with E-state index in [1.54, 1.807) is 0 Å². The Bertz CT molecular complexity index is 122. The molecule has 0 aromatic rings. The molecule has 0 spiro atoms. The normalized spacial score (nSPS) is 11.8. The first-order chi connectivity index (χ1) is 5.90. The minimum absolute atomic E-state index is 0.167. The lowest BCUT2D eigenvalue weighted by Crippen LogP contribution is -2.07. The molecule has 0 unspecified atom stereocenters. The average molecular weight is 194 g/mol. The number of carboxylic acids is 1. The maximum absolute atomic E-state index is 9.65. The van der Waals surface area contributed by atoms with Gasteiger partial charge >= 0.3 is 5.97 Å². The highest BCUT2D eigenvalue weighted by Crippen LogP contribution is 1.88. The van der Waals surface area contributed by atoms with Crippen LogP contribution in [0.15, 0.2) is 0 Å². The van der Waals surface area contributed by atoms with Crippen molar-refractivity contribution in [2.75, 3.05) is 0 Å². The van der Waals surface area contributed by atoms with E-state index < -0.39 is 18.4 Å². The number of carboxylic acid groups (broad SMARTS) is 1. The average Bonchev–Trinajstić information content (AvgIpc) is 1.83. The van der Waals surface area contributed by atoms with Crippen molar-refractivity contribution in [2.45, 2.75) is 45.5 Å². The Kier molecular flexibility index (Phi) is 10.8. The van der Waals surface area contributed by atoms with Crippen molar-refractivity contribution >= 4 is 5.97 Å². The van der Waals surface area contributed by atoms with Gasteiger partial charge in [0.2, 0.25) is 0 Å². The van der Waals surface area contributed by atoms with E-state index in [0.29, 0.717) is 6.42 Å². The number of hydrogen-bond acceptors (Lipinski definition) is 4. The van der Waals surface area contributed by atoms with E-state index in [9.17, 15) is 4.79 Å². The van der Waals surface area contributed by atoms with Gasteiger partial charge in [0, 0.05) is 0 Å². The second-order valence-corrected chi connectivity index (χ2v) is 2.72. The zero-order valence-electron chi connectivity index (χ0n) is 7.97. The molecular weight excluding hydrogens is 176 g/mol. The highest BCUT2D eigenvalue weighted by molar-refractivity contribution is 5.67. The Labute approximate surface area is 77.6 Å². The van der Waals surface area contributed by atoms with E-state index in [0.717, 1.165) is 6.42 Å². The van der Waals surface area contributed by atoms with Crippen LogP contribution < -0.4 is 0 Å². The zero-order chi connectivity index (χ0) is 10.9. The fraction of sp³-hybridized carbons (Fsp3) is 0.875. The van der Waals surface area contributed by atoms with Gasteiger partial charge in [0.1, 0.15) is 0 Å². The van der Waals surface area contributed by atoms with E-state index in [2.05, 4.69) is 0 Å². The summed E-state index contributed by atoms with van der Waals surface area (Å²) in [5.41, 5.74) is 0. The van der Waals surface area contributed by atoms with Crippen molar-refractivity contribution in [3.8, 4) is 0 Å². The number of aliphatic carboxylic acids is 1. The maximum Gasteiger partial charge on any atom is 0.305 e. The molecule has 13 heavy (non-hydrogen) atoms. The molecule has 0 aliphatic rings. The Morgan fingerprint density at radius 1 is 1.31 bits per heavy atom. The standard InChI is InChI=1S/C4H8O3.C4H10O2/c1-3(5)2-4(6)7;1-2-3-4(5)6/h3,5H,2H2,1H3,(H,6,7);4-6H,2-3H2,1H3/t3-;/m1./s1. The molecule has 0 aromatic carbocycles. The summed E-state index contributed by atoms with van der Waals surface area (Å²) in [6.07, 6.45) is -0.676. The van der Waals surface area contributed by atoms with Crippen molar-refractivity contribution in [1.29, 1.82) is 0 Å². The second kappa shape index (κ2) is 9.44. The van der Waals surface area contributed by atoms with Gasteiger partial charge < -0.3 is 20.4 Å². The molecule has 0 bridgehead atoms. The molecule has 5 nitrogen and oxygen atoms in total. The van der Waals surface area contributed by atoms with Crippen molar-refractivity contribution in [1.82, 2.24) is 0 Å². The molecule has 0 aromatic heterocycles. The third kappa shape index (κ3) is 24.6. The first-order valence-corrected chi connectivity index (χ1v) is 4.16. The van der Waals surface area contributed by atoms with Gasteiger partial charge in [-0.1, -0.05) is 13.3 Å². The van der Waals surface area contributed by atoms with Crippen LogP contribution in [0.25, 0.3) is 0 Å². The Morgan fingerprint density at radius 2 is 1.77 bits per heavy atom. The molecule has 0 saturated heterocycles. The summed E-state index contributed by atoms with van der Waals surface area (Å²) in [7, 11) is 0. The van der Waals surface area contributed by atoms with Crippen LogP contribution in [0.3, 0.4) is 0 Å². The van der Waals surface area contributed by atoms with E-state index in [4.69, 9.17) is 20.4 Å². The third-order valence-corrected chi connectivity index (χ3v) is 1.02. The molecule has 0 amide bonds. The largest absolute Gasteiger partial charge is 0.481 e. The molecule has 5 heteroatoms. The SMILES string of the molecule is CCCC(O)O.C[C@@H](O)CC(=O)O. The Hall–Kier alpha value is -0.650. The number of rotatable bonds is 4. The minimum atomic E-state index is -1.10. The van der Waals surface area contributed by atoms with Crippen LogP contribution in [0.5, 0.6) is 0 Å². The van der Waals surface area contributed by atoms with Crippen molar-refractivity contribution in [2.24, 2.45) is 0 Å². The van der Waals surface area contributed by atoms with Gasteiger partial charge in [-0.3, -0.25) is 4.79 Å². The Balaban J connectivity index is 0. The van der Waals surface area contributed by atoms with Crippen molar-refractivity contribution in [3.05, 3.63) is 0 Å². The van der Waals surface area contributed by atoms with Crippen LogP contribution in [-0.2, 0) is 4.79 Å². The van der Waals surface area contributed by atoms with Crippen molar-refractivity contribution in [3.63, 3.8) is 0 Å². The topological polar surface area (TPSA) is 98.0 Å². The summed E-state index contributed by atoms with van der Waals surface area (Å²) in [5, 5.41) is 32.5. The van der Waals surface area contributed by atoms with Gasteiger partial charge in [-0.05, 0) is 13.3 Å². The van der Waals surface area contributed by atoms with Crippen LogP contribution in [0.1, 0.15) is 33.1 Å². The molecule has 1 atom stereocenters. The summed E-state index contributed by atoms with van der Waals surface area (Å²) in [6, 6.07) is 0. The minimum Gasteiger partial charge on any atom is -0.481 e. The molecule has 0 aliphatic heterocycles. The molecule has 0 fully saturated rings. The first kappa shape index (κ1) is 14.9. The summed E-state index contributed by atoms with van der Waals surface area (Å²) >= 11 is 0. The Morgan fingerprint density at radius 3 is 1.77 bits per heavy atom. The molecule has 0 heterocycles. The first-order valence-electron chi connectivity index (χ1n) is 4.16. The molecule has 4 N–H and O–H groups in total. The molecule has 0 radical (unpaired) electrons. The smallest absolute Gasteiger partial charge is 0.305 e. The second-order valence-electron chi connectivity index (χ2n) is 2.72. The van der Waals surface area contributed by atoms with Gasteiger partial charge in [-0.15, -0.1) is 0 Å². The lowest BCUT2D eigenvalue weighted by atomic mass is 10.3. The van der Waals surface area contributed by atoms with E-state index >= 15 is 0 Å². The van der Waals surface area contributed by atoms with Gasteiger partial charge in [-0.2, -0.15) is 0 Å². The molecule has 0 aliphatic carbocycles. The van der Waals surface area contributed by atoms with Gasteiger partial charge in [0.15, 0.2) is 6.29 Å². The number of aliphatic hydroxyl groups is 3. The summed E-state index contributed by atoms with van der Waals surface area (Å²) in [6.45, 7) is 3.34. The highest BCUT2D eigenvalue weighted by Gasteiger charge is 2.00. The fourth-order valence-electron chi connectivity index (χ4n) is 0.511. The molecule has 0 rings (SSSR count). The van der Waals surface area contributed by atoms with Crippen LogP contribution in [0.2, 0.25) is 0 Å². The van der Waals surface area contributed by atoms with Crippen LogP contribution >= 0.6 is 0 Å². The zero-order valence-corrected chi connectivity index (χ0v) is 7.97. The molecule has 80 valence electrons. The quantitative estimate of drug-likeness (QED) is 0.470. The summed E-state index contributed by atoms with van der Waals surface area (Å²) < 4.78 is 0. The lowest BCUT2D eigenvalue weighted by molar-refractivity contribution is -0.138. The van der Waals surface area contributed by atoms with Gasteiger partial charge in [0.25, 0.3) is 0 Å². The highest BCUT2D eigenvalue weighted by atomic mass is 16.5. The van der Waals surface area contributed by atoms with E-state index in [1.165, 1.54) is 6.92 Å². The number of hydrogen-bond donors (Lipinski definition) is 4. The predicted octanol–water partition coefficient (Wildman–Crippen LogP) is -0.0609. The predicted molar refractivity (Wildman–Crippen MR) is 47.1 cm³/mol. The van der Waals surface area contributed by atoms with Crippen molar-refractivity contribution < 1.29 is 25.2 Å². The van der Waals surface area contributed by atoms with Gasteiger partial charge in [-0.25, -0.2) is 0 Å². The fourth-order valence-corrected chi connectivity index (χ4v) is 0.511. The van der Waals surface area contributed by atoms with Crippen LogP contribution in [-0.4, -0.2) is 38.8 Å². The monoisotopic (exact) mass is 194 g/mol. The van der Waals surface area contributed by atoms with E-state index in [-0.39, 0.29) is 6.42 Å². The molecule has 0 saturated carbocycles. The number of carbonyl (C=O) groups is 1. The van der Waals surface area contributed by atoms with Crippen LogP contribution in [0, 0.1) is 0 Å². The van der Waals surface area contributed by atoms with E-state index in [1.807, 2.05) is 6.92 Å². The molecular formula is C8H18O5. The third-order valence-electron chi connectivity index (χ3n) is 1.02. The summed E-state index contributed by atoms with van der Waals surface area (Å²) in [5.74, 6) is -0.963. The number of aliphatic hydroxyl groups excluding tert-OH is 2. The van der Waals surface area contributed by atoms with Crippen LogP contribution in [0.4, 0.5) is 0 Å². The lowest BCUT2D eigenvalue weighted by Gasteiger charge is -1.94. The maximum atomic E-state index is 9.65. The summed E-state index contributed by atoms with van der Waals surface area (Å²) in [4.78, 5) is 9.65.